The highest BCUT2D eigenvalue weighted by atomic mass is 32.2. The molecule has 0 unspecified atom stereocenters. The minimum absolute atomic E-state index is 0.0580. The fourth-order valence-electron chi connectivity index (χ4n) is 4.40. The number of halogens is 2. The minimum atomic E-state index is -1.12. The molecule has 0 aliphatic heterocycles. The zero-order valence-corrected chi connectivity index (χ0v) is 23.7. The fraction of sp³-hybridized carbons (Fsp3) is 0.300. The molecule has 40 heavy (non-hydrogen) atoms. The predicted octanol–water partition coefficient (Wildman–Crippen LogP) is 6.88. The van der Waals surface area contributed by atoms with Gasteiger partial charge < -0.3 is 5.11 Å². The number of carboxylic acid groups (broad SMARTS) is 1. The number of rotatable bonds is 9. The highest BCUT2D eigenvalue weighted by molar-refractivity contribution is 7.97. The average Bonchev–Trinajstić information content (AvgIpc) is 3.47. The molecule has 1 aliphatic rings. The first-order valence-corrected chi connectivity index (χ1v) is 14.7. The number of hydrogen-bond donors (Lipinski definition) is 2. The second-order valence-electron chi connectivity index (χ2n) is 10.3. The Morgan fingerprint density at radius 3 is 2.67 bits per heavy atom. The number of hydrogen-bond acceptors (Lipinski definition) is 6. The van der Waals surface area contributed by atoms with Gasteiger partial charge >= 0.3 is 5.97 Å². The van der Waals surface area contributed by atoms with Crippen LogP contribution in [0.25, 0.3) is 16.4 Å². The summed E-state index contributed by atoms with van der Waals surface area (Å²) in [5, 5.41) is 21.9. The molecule has 3 N–H and O–H groups in total. The van der Waals surface area contributed by atoms with Crippen molar-refractivity contribution in [1.82, 2.24) is 14.8 Å². The number of thiazole rings is 1. The number of benzene rings is 2. The van der Waals surface area contributed by atoms with E-state index in [9.17, 15) is 18.7 Å². The van der Waals surface area contributed by atoms with Gasteiger partial charge in [-0.15, -0.1) is 11.3 Å². The molecule has 0 atom stereocenters. The van der Waals surface area contributed by atoms with Gasteiger partial charge in [0.15, 0.2) is 5.69 Å². The van der Waals surface area contributed by atoms with Crippen LogP contribution in [-0.2, 0) is 12.8 Å². The minimum Gasteiger partial charge on any atom is -0.476 e. The molecular weight excluding hydrogens is 550 g/mol. The molecule has 1 aliphatic carbocycles. The maximum absolute atomic E-state index is 14.7. The summed E-state index contributed by atoms with van der Waals surface area (Å²) in [5.74, 6) is 4.91. The smallest absolute Gasteiger partial charge is 0.355 e. The van der Waals surface area contributed by atoms with Crippen LogP contribution in [0.4, 0.5) is 8.78 Å². The Hall–Kier alpha value is -3.52. The lowest BCUT2D eigenvalue weighted by Gasteiger charge is -2.10. The number of aromatic nitrogens is 3. The molecule has 2 aromatic heterocycles. The maximum atomic E-state index is 14.7. The fourth-order valence-corrected chi connectivity index (χ4v) is 5.49. The molecule has 5 rings (SSSR count). The van der Waals surface area contributed by atoms with Crippen LogP contribution in [0.3, 0.4) is 0 Å². The highest BCUT2D eigenvalue weighted by Gasteiger charge is 2.29. The molecular formula is C30H28F2N4O2S2. The molecule has 2 heterocycles. The summed E-state index contributed by atoms with van der Waals surface area (Å²) in [6, 6.07) is 9.70. The molecule has 0 spiro atoms. The molecule has 0 saturated heterocycles. The van der Waals surface area contributed by atoms with Gasteiger partial charge in [-0.3, -0.25) is 5.14 Å². The van der Waals surface area contributed by atoms with E-state index in [1.165, 1.54) is 28.8 Å². The monoisotopic (exact) mass is 578 g/mol. The third-order valence-electron chi connectivity index (χ3n) is 6.64. The predicted molar refractivity (Wildman–Crippen MR) is 154 cm³/mol. The van der Waals surface area contributed by atoms with Gasteiger partial charge in [-0.2, -0.15) is 5.10 Å². The van der Waals surface area contributed by atoms with Crippen molar-refractivity contribution in [2.45, 2.75) is 50.8 Å². The molecule has 10 heteroatoms. The van der Waals surface area contributed by atoms with Crippen molar-refractivity contribution in [2.75, 3.05) is 0 Å². The van der Waals surface area contributed by atoms with Crippen molar-refractivity contribution in [3.05, 3.63) is 81.5 Å². The summed E-state index contributed by atoms with van der Waals surface area (Å²) in [4.78, 5) is 16.2. The van der Waals surface area contributed by atoms with E-state index in [0.29, 0.717) is 52.4 Å². The van der Waals surface area contributed by atoms with E-state index >= 15 is 0 Å². The van der Waals surface area contributed by atoms with Crippen LogP contribution in [0, 0.1) is 35.3 Å². The Morgan fingerprint density at radius 2 is 2.02 bits per heavy atom. The normalized spacial score (nSPS) is 12.9. The summed E-state index contributed by atoms with van der Waals surface area (Å²) in [7, 11) is 0. The Morgan fingerprint density at radius 1 is 1.23 bits per heavy atom. The van der Waals surface area contributed by atoms with Gasteiger partial charge in [-0.1, -0.05) is 31.8 Å². The summed E-state index contributed by atoms with van der Waals surface area (Å²) in [5.41, 5.74) is 3.98. The molecule has 206 valence electrons. The van der Waals surface area contributed by atoms with Crippen molar-refractivity contribution < 1.29 is 18.7 Å². The molecule has 0 bridgehead atoms. The lowest BCUT2D eigenvalue weighted by atomic mass is 9.96. The van der Waals surface area contributed by atoms with Crippen LogP contribution in [0.2, 0.25) is 0 Å². The third kappa shape index (κ3) is 6.28. The first-order chi connectivity index (χ1) is 19.2. The quantitative estimate of drug-likeness (QED) is 0.166. The van der Waals surface area contributed by atoms with Gasteiger partial charge in [0.25, 0.3) is 0 Å². The van der Waals surface area contributed by atoms with Crippen LogP contribution < -0.4 is 5.14 Å². The summed E-state index contributed by atoms with van der Waals surface area (Å²) in [6.45, 7) is 4.11. The van der Waals surface area contributed by atoms with Gasteiger partial charge in [-0.05, 0) is 78.9 Å². The molecule has 0 amide bonds. The highest BCUT2D eigenvalue weighted by Crippen LogP contribution is 2.38. The topological polar surface area (TPSA) is 94.0 Å². The van der Waals surface area contributed by atoms with Crippen LogP contribution >= 0.6 is 23.3 Å². The first kappa shape index (κ1) is 28.0. The number of carbonyl (C=O) groups is 1. The third-order valence-corrected chi connectivity index (χ3v) is 8.04. The zero-order chi connectivity index (χ0) is 28.4. The molecule has 6 nitrogen and oxygen atoms in total. The number of nitrogens with zero attached hydrogens (tertiary/aromatic N) is 3. The van der Waals surface area contributed by atoms with E-state index in [1.807, 2.05) is 6.07 Å². The number of aromatic carboxylic acids is 1. The van der Waals surface area contributed by atoms with E-state index in [1.54, 1.807) is 22.9 Å². The van der Waals surface area contributed by atoms with Crippen LogP contribution in [0.1, 0.15) is 66.0 Å². The van der Waals surface area contributed by atoms with Crippen molar-refractivity contribution in [1.29, 1.82) is 0 Å². The van der Waals surface area contributed by atoms with Gasteiger partial charge in [0, 0.05) is 29.3 Å². The second kappa shape index (κ2) is 11.9. The van der Waals surface area contributed by atoms with Crippen molar-refractivity contribution in [3.63, 3.8) is 0 Å². The van der Waals surface area contributed by atoms with E-state index in [4.69, 9.17) is 10.2 Å². The lowest BCUT2D eigenvalue weighted by molar-refractivity contribution is 0.0691. The molecule has 2 aromatic carbocycles. The Bertz CT molecular complexity index is 1630. The zero-order valence-electron chi connectivity index (χ0n) is 22.1. The van der Waals surface area contributed by atoms with Crippen molar-refractivity contribution in [2.24, 2.45) is 17.0 Å². The second-order valence-corrected chi connectivity index (χ2v) is 11.8. The SMILES string of the molecule is CC(C)CC#Cc1cc(-c2nn(-c3nc(C(=O)O)cs3)c(CC3CC3)c2Cc2ccc(SN)c(F)c2)ccc1F. The van der Waals surface area contributed by atoms with Gasteiger partial charge in [-0.25, -0.2) is 23.2 Å². The Labute approximate surface area is 239 Å². The largest absolute Gasteiger partial charge is 0.476 e. The summed E-state index contributed by atoms with van der Waals surface area (Å²) in [6.07, 6.45) is 3.90. The molecule has 1 saturated carbocycles. The molecule has 1 fully saturated rings. The van der Waals surface area contributed by atoms with E-state index < -0.39 is 17.6 Å². The van der Waals surface area contributed by atoms with Crippen LogP contribution in [-0.4, -0.2) is 25.8 Å². The van der Waals surface area contributed by atoms with Crippen LogP contribution in [0.15, 0.2) is 46.7 Å². The number of nitrogens with two attached hydrogens (primary N) is 1. The van der Waals surface area contributed by atoms with E-state index in [-0.39, 0.29) is 11.3 Å². The Balaban J connectivity index is 1.67. The van der Waals surface area contributed by atoms with Gasteiger partial charge in [0.2, 0.25) is 5.13 Å². The van der Waals surface area contributed by atoms with Gasteiger partial charge in [0.05, 0.1) is 21.8 Å². The average molecular weight is 579 g/mol. The first-order valence-electron chi connectivity index (χ1n) is 13.0. The van der Waals surface area contributed by atoms with Crippen molar-refractivity contribution in [3.8, 4) is 28.2 Å². The molecule has 4 aromatic rings. The van der Waals surface area contributed by atoms with Gasteiger partial charge in [0.1, 0.15) is 11.6 Å². The lowest BCUT2D eigenvalue weighted by Crippen LogP contribution is -2.06. The van der Waals surface area contributed by atoms with Crippen molar-refractivity contribution >= 4 is 29.3 Å². The van der Waals surface area contributed by atoms with E-state index in [2.05, 4.69) is 30.7 Å². The summed E-state index contributed by atoms with van der Waals surface area (Å²) < 4.78 is 31.1. The number of carboxylic acids is 1. The maximum Gasteiger partial charge on any atom is 0.355 e. The van der Waals surface area contributed by atoms with E-state index in [0.717, 1.165) is 41.6 Å². The Kier molecular flexibility index (Phi) is 8.35. The van der Waals surface area contributed by atoms with Crippen LogP contribution in [0.5, 0.6) is 0 Å². The summed E-state index contributed by atoms with van der Waals surface area (Å²) >= 11 is 2.05. The molecule has 0 radical (unpaired) electrons. The standard InChI is InChI=1S/C30H28F2N4O2S2/c1-17(2)4-3-5-20-15-21(9-10-23(20)31)28-22(12-19-8-11-27(40-33)24(32)13-19)26(14-18-6-7-18)36(35-28)30-34-25(16-39-30)29(37)38/h8-11,13,15-18H,4,6-7,12,14,33H2,1-2H3,(H,37,38).